The van der Waals surface area contributed by atoms with E-state index in [0.29, 0.717) is 6.04 Å². The van der Waals surface area contributed by atoms with Gasteiger partial charge < -0.3 is 10.2 Å². The Bertz CT molecular complexity index is 384. The summed E-state index contributed by atoms with van der Waals surface area (Å²) in [5.41, 5.74) is -1.67. The molecule has 1 saturated carbocycles. The van der Waals surface area contributed by atoms with Crippen molar-refractivity contribution in [2.45, 2.75) is 38.0 Å². The van der Waals surface area contributed by atoms with Crippen molar-refractivity contribution in [1.82, 2.24) is 4.90 Å². The quantitative estimate of drug-likeness (QED) is 0.809. The molecule has 0 aromatic carbocycles. The maximum Gasteiger partial charge on any atom is 0.336 e. The number of aliphatic carboxylic acids is 1. The largest absolute Gasteiger partial charge is 0.479 e. The van der Waals surface area contributed by atoms with E-state index in [2.05, 4.69) is 4.90 Å². The zero-order chi connectivity index (χ0) is 12.5. The first-order valence-electron chi connectivity index (χ1n) is 5.71. The molecule has 1 unspecified atom stereocenters. The third-order valence-electron chi connectivity index (χ3n) is 2.97. The molecule has 1 fully saturated rings. The molecule has 4 nitrogen and oxygen atoms in total. The Morgan fingerprint density at radius 1 is 1.65 bits per heavy atom. The lowest BCUT2D eigenvalue weighted by Crippen LogP contribution is -2.47. The number of rotatable bonds is 6. The van der Waals surface area contributed by atoms with Gasteiger partial charge >= 0.3 is 5.97 Å². The fourth-order valence-electron chi connectivity index (χ4n) is 1.82. The van der Waals surface area contributed by atoms with Crippen molar-refractivity contribution in [2.24, 2.45) is 0 Å². The molecule has 5 heteroatoms. The number of hydrogen-bond acceptors (Lipinski definition) is 4. The van der Waals surface area contributed by atoms with Crippen molar-refractivity contribution in [3.05, 3.63) is 22.4 Å². The molecule has 0 saturated heterocycles. The molecule has 0 radical (unpaired) electrons. The average molecular weight is 255 g/mol. The highest BCUT2D eigenvalue weighted by atomic mass is 32.1. The third-order valence-corrected chi connectivity index (χ3v) is 3.84. The smallest absolute Gasteiger partial charge is 0.336 e. The Labute approximate surface area is 104 Å². The Morgan fingerprint density at radius 2 is 2.35 bits per heavy atom. The molecule has 1 heterocycles. The first kappa shape index (κ1) is 12.5. The number of carboxylic acid groups (broad SMARTS) is 1. The van der Waals surface area contributed by atoms with Gasteiger partial charge in [0, 0.05) is 24.0 Å². The van der Waals surface area contributed by atoms with Gasteiger partial charge in [0.2, 0.25) is 0 Å². The first-order valence-corrected chi connectivity index (χ1v) is 6.59. The second-order valence-corrected chi connectivity index (χ2v) is 5.83. The van der Waals surface area contributed by atoms with Crippen molar-refractivity contribution < 1.29 is 15.0 Å². The number of carboxylic acids is 1. The van der Waals surface area contributed by atoms with Crippen LogP contribution in [0.5, 0.6) is 0 Å². The lowest BCUT2D eigenvalue weighted by molar-refractivity contribution is -0.158. The molecule has 94 valence electrons. The Balaban J connectivity index is 2.00. The number of nitrogens with zero attached hydrogens (tertiary/aromatic N) is 1. The summed E-state index contributed by atoms with van der Waals surface area (Å²) < 4.78 is 0. The van der Waals surface area contributed by atoms with Crippen LogP contribution in [0.15, 0.2) is 17.5 Å². The zero-order valence-electron chi connectivity index (χ0n) is 9.80. The normalized spacial score (nSPS) is 19.2. The fraction of sp³-hybridized carbons (Fsp3) is 0.583. The number of thiophene rings is 1. The Hall–Kier alpha value is -0.910. The highest BCUT2D eigenvalue weighted by Gasteiger charge is 2.38. The summed E-state index contributed by atoms with van der Waals surface area (Å²) in [7, 11) is 0. The Kier molecular flexibility index (Phi) is 3.51. The molecular formula is C12H17NO3S. The third kappa shape index (κ3) is 3.28. The molecule has 2 N–H and O–H groups in total. The summed E-state index contributed by atoms with van der Waals surface area (Å²) in [5, 5.41) is 20.8. The Morgan fingerprint density at radius 3 is 2.82 bits per heavy atom. The minimum absolute atomic E-state index is 0.185. The van der Waals surface area contributed by atoms with E-state index in [-0.39, 0.29) is 6.54 Å². The van der Waals surface area contributed by atoms with Crippen LogP contribution in [0.4, 0.5) is 0 Å². The van der Waals surface area contributed by atoms with E-state index in [9.17, 15) is 9.90 Å². The van der Waals surface area contributed by atoms with E-state index in [0.717, 1.165) is 19.4 Å². The summed E-state index contributed by atoms with van der Waals surface area (Å²) in [4.78, 5) is 14.2. The predicted molar refractivity (Wildman–Crippen MR) is 66.0 cm³/mol. The maximum atomic E-state index is 10.9. The molecule has 0 aliphatic heterocycles. The van der Waals surface area contributed by atoms with Crippen molar-refractivity contribution in [3.8, 4) is 0 Å². The zero-order valence-corrected chi connectivity index (χ0v) is 10.6. The summed E-state index contributed by atoms with van der Waals surface area (Å²) >= 11 is 1.66. The van der Waals surface area contributed by atoms with Crippen LogP contribution in [-0.2, 0) is 11.3 Å². The van der Waals surface area contributed by atoms with Gasteiger partial charge in [0.1, 0.15) is 0 Å². The predicted octanol–water partition coefficient (Wildman–Crippen LogP) is 1.55. The van der Waals surface area contributed by atoms with Gasteiger partial charge in [0.05, 0.1) is 0 Å². The molecule has 0 amide bonds. The van der Waals surface area contributed by atoms with E-state index in [4.69, 9.17) is 5.11 Å². The molecule has 1 atom stereocenters. The lowest BCUT2D eigenvalue weighted by atomic mass is 10.1. The lowest BCUT2D eigenvalue weighted by Gasteiger charge is -2.28. The van der Waals surface area contributed by atoms with Crippen LogP contribution in [0.2, 0.25) is 0 Å². The fourth-order valence-corrected chi connectivity index (χ4v) is 2.55. The first-order chi connectivity index (χ1) is 7.99. The van der Waals surface area contributed by atoms with Gasteiger partial charge in [-0.05, 0) is 31.2 Å². The molecule has 1 aromatic heterocycles. The number of hydrogen-bond donors (Lipinski definition) is 2. The monoisotopic (exact) mass is 255 g/mol. The molecule has 1 aliphatic rings. The van der Waals surface area contributed by atoms with Crippen molar-refractivity contribution in [2.75, 3.05) is 6.54 Å². The summed E-state index contributed by atoms with van der Waals surface area (Å²) in [6.07, 6.45) is 2.20. The van der Waals surface area contributed by atoms with E-state index in [1.165, 1.54) is 11.8 Å². The second-order valence-electron chi connectivity index (χ2n) is 4.79. The van der Waals surface area contributed by atoms with E-state index in [1.54, 1.807) is 11.3 Å². The van der Waals surface area contributed by atoms with Gasteiger partial charge in [-0.1, -0.05) is 6.07 Å². The molecule has 17 heavy (non-hydrogen) atoms. The van der Waals surface area contributed by atoms with Crippen LogP contribution in [-0.4, -0.2) is 39.3 Å². The number of aliphatic hydroxyl groups is 1. The summed E-state index contributed by atoms with van der Waals surface area (Å²) in [6.45, 7) is 2.27. The summed E-state index contributed by atoms with van der Waals surface area (Å²) in [6, 6.07) is 4.46. The molecule has 2 rings (SSSR count). The molecule has 0 spiro atoms. The van der Waals surface area contributed by atoms with Gasteiger partial charge in [-0.3, -0.25) is 4.90 Å². The van der Waals surface area contributed by atoms with Crippen molar-refractivity contribution >= 4 is 17.3 Å². The highest BCUT2D eigenvalue weighted by molar-refractivity contribution is 7.09. The van der Waals surface area contributed by atoms with E-state index >= 15 is 0 Å². The minimum atomic E-state index is -1.67. The molecular weight excluding hydrogens is 238 g/mol. The van der Waals surface area contributed by atoms with Crippen LogP contribution in [0.3, 0.4) is 0 Å². The van der Waals surface area contributed by atoms with Gasteiger partial charge in [-0.25, -0.2) is 4.79 Å². The standard InChI is InChI=1S/C12H17NO3S/c1-12(16,11(14)15)8-13(9-4-5-9)7-10-3-2-6-17-10/h2-3,6,9,16H,4-5,7-8H2,1H3,(H,14,15). The average Bonchev–Trinajstić information content (AvgIpc) is 2.97. The summed E-state index contributed by atoms with van der Waals surface area (Å²) in [5.74, 6) is -1.16. The van der Waals surface area contributed by atoms with Gasteiger partial charge in [-0.15, -0.1) is 11.3 Å². The minimum Gasteiger partial charge on any atom is -0.479 e. The number of carbonyl (C=O) groups is 1. The topological polar surface area (TPSA) is 60.8 Å². The SMILES string of the molecule is CC(O)(CN(Cc1cccs1)C1CC1)C(=O)O. The van der Waals surface area contributed by atoms with Gasteiger partial charge in [-0.2, -0.15) is 0 Å². The van der Waals surface area contributed by atoms with Crippen LogP contribution in [0.1, 0.15) is 24.6 Å². The van der Waals surface area contributed by atoms with E-state index in [1.807, 2.05) is 17.5 Å². The van der Waals surface area contributed by atoms with Crippen LogP contribution >= 0.6 is 11.3 Å². The molecule has 1 aromatic rings. The van der Waals surface area contributed by atoms with Crippen molar-refractivity contribution in [3.63, 3.8) is 0 Å². The molecule has 0 bridgehead atoms. The van der Waals surface area contributed by atoms with Crippen LogP contribution < -0.4 is 0 Å². The van der Waals surface area contributed by atoms with Crippen molar-refractivity contribution in [1.29, 1.82) is 0 Å². The van der Waals surface area contributed by atoms with Crippen LogP contribution in [0, 0.1) is 0 Å². The molecule has 1 aliphatic carbocycles. The van der Waals surface area contributed by atoms with Crippen LogP contribution in [0.25, 0.3) is 0 Å². The second kappa shape index (κ2) is 4.76. The van der Waals surface area contributed by atoms with E-state index < -0.39 is 11.6 Å². The highest BCUT2D eigenvalue weighted by Crippen LogP contribution is 2.30. The van der Waals surface area contributed by atoms with Gasteiger partial charge in [0.15, 0.2) is 5.60 Å². The maximum absolute atomic E-state index is 10.9. The van der Waals surface area contributed by atoms with Gasteiger partial charge in [0.25, 0.3) is 0 Å².